The Kier molecular flexibility index (Phi) is 2.52. The van der Waals surface area contributed by atoms with Gasteiger partial charge in [-0.05, 0) is 25.2 Å². The lowest BCUT2D eigenvalue weighted by molar-refractivity contribution is -0.143. The normalized spacial score (nSPS) is 29.3. The molecule has 1 saturated carbocycles. The first-order valence-corrected chi connectivity index (χ1v) is 5.56. The number of carbonyl (C=O) groups is 1. The van der Waals surface area contributed by atoms with Crippen molar-refractivity contribution in [3.05, 3.63) is 0 Å². The highest BCUT2D eigenvalue weighted by Gasteiger charge is 2.53. The molecule has 1 saturated heterocycles. The minimum absolute atomic E-state index is 0.232. The Hall–Kier alpha value is -0.570. The molecule has 3 nitrogen and oxygen atoms in total. The van der Waals surface area contributed by atoms with Gasteiger partial charge in [0.1, 0.15) is 5.60 Å². The fourth-order valence-electron chi connectivity index (χ4n) is 2.26. The van der Waals surface area contributed by atoms with Crippen LogP contribution in [0.15, 0.2) is 0 Å². The van der Waals surface area contributed by atoms with Crippen LogP contribution >= 0.6 is 0 Å². The molecule has 1 unspecified atom stereocenters. The lowest BCUT2D eigenvalue weighted by Gasteiger charge is -2.22. The molecule has 0 aromatic carbocycles. The summed E-state index contributed by atoms with van der Waals surface area (Å²) in [5.74, 6) is 0.947. The Morgan fingerprint density at radius 3 is 2.71 bits per heavy atom. The zero-order valence-corrected chi connectivity index (χ0v) is 9.08. The number of hydrogen-bond donors (Lipinski definition) is 0. The van der Waals surface area contributed by atoms with Gasteiger partial charge in [-0.25, -0.2) is 0 Å². The molecular weight excluding hydrogens is 178 g/mol. The van der Waals surface area contributed by atoms with Crippen LogP contribution in [0.2, 0.25) is 0 Å². The van der Waals surface area contributed by atoms with Gasteiger partial charge in [0.15, 0.2) is 0 Å². The van der Waals surface area contributed by atoms with Gasteiger partial charge in [0.2, 0.25) is 0 Å². The van der Waals surface area contributed by atoms with Crippen molar-refractivity contribution in [2.75, 3.05) is 20.2 Å². The van der Waals surface area contributed by atoms with Crippen LogP contribution in [0, 0.1) is 5.92 Å². The van der Waals surface area contributed by atoms with Crippen molar-refractivity contribution in [3.8, 4) is 0 Å². The van der Waals surface area contributed by atoms with Crippen LogP contribution in [-0.4, -0.2) is 36.6 Å². The van der Waals surface area contributed by atoms with E-state index in [1.165, 1.54) is 12.8 Å². The number of hydrogen-bond acceptors (Lipinski definition) is 2. The first-order chi connectivity index (χ1) is 6.72. The molecule has 1 aliphatic heterocycles. The largest absolute Gasteiger partial charge is 0.368 e. The molecule has 14 heavy (non-hydrogen) atoms. The van der Waals surface area contributed by atoms with Crippen LogP contribution < -0.4 is 0 Å². The summed E-state index contributed by atoms with van der Waals surface area (Å²) in [6.45, 7) is 4.07. The fourth-order valence-corrected chi connectivity index (χ4v) is 2.26. The highest BCUT2D eigenvalue weighted by molar-refractivity contribution is 5.88. The fraction of sp³-hybridized carbons (Fsp3) is 0.909. The van der Waals surface area contributed by atoms with E-state index < -0.39 is 5.60 Å². The van der Waals surface area contributed by atoms with E-state index in [-0.39, 0.29) is 5.91 Å². The molecule has 0 aromatic heterocycles. The van der Waals surface area contributed by atoms with Gasteiger partial charge >= 0.3 is 0 Å². The van der Waals surface area contributed by atoms with Crippen LogP contribution in [0.4, 0.5) is 0 Å². The molecule has 80 valence electrons. The summed E-state index contributed by atoms with van der Waals surface area (Å²) in [6.07, 6.45) is 4.18. The Balaban J connectivity index is 1.93. The van der Waals surface area contributed by atoms with Crippen LogP contribution in [-0.2, 0) is 9.53 Å². The van der Waals surface area contributed by atoms with Gasteiger partial charge in [0.25, 0.3) is 5.91 Å². The number of likely N-dealkylation sites (tertiary alicyclic amines) is 1. The quantitative estimate of drug-likeness (QED) is 0.685. The van der Waals surface area contributed by atoms with E-state index in [1.54, 1.807) is 7.11 Å². The van der Waals surface area contributed by atoms with Gasteiger partial charge in [-0.2, -0.15) is 0 Å². The Morgan fingerprint density at radius 1 is 1.57 bits per heavy atom. The molecule has 0 N–H and O–H groups in total. The third-order valence-electron chi connectivity index (χ3n) is 3.64. The van der Waals surface area contributed by atoms with E-state index in [0.717, 1.165) is 25.9 Å². The minimum atomic E-state index is -0.414. The average molecular weight is 197 g/mol. The molecule has 1 aliphatic carbocycles. The SMILES string of the molecule is CCC1CCN(C(=O)C2(OC)CC2)C1. The average Bonchev–Trinajstić information content (AvgIpc) is 2.88. The Bertz CT molecular complexity index is 235. The maximum absolute atomic E-state index is 12.0. The van der Waals surface area contributed by atoms with Crippen molar-refractivity contribution in [2.24, 2.45) is 5.92 Å². The van der Waals surface area contributed by atoms with Gasteiger partial charge in [-0.3, -0.25) is 4.79 Å². The minimum Gasteiger partial charge on any atom is -0.368 e. The van der Waals surface area contributed by atoms with Crippen molar-refractivity contribution in [1.82, 2.24) is 4.90 Å². The van der Waals surface area contributed by atoms with Gasteiger partial charge in [-0.1, -0.05) is 13.3 Å². The van der Waals surface area contributed by atoms with Gasteiger partial charge in [-0.15, -0.1) is 0 Å². The molecule has 1 amide bonds. The summed E-state index contributed by atoms with van der Waals surface area (Å²) in [4.78, 5) is 14.0. The van der Waals surface area contributed by atoms with Crippen LogP contribution in [0.1, 0.15) is 32.6 Å². The number of amides is 1. The van der Waals surface area contributed by atoms with E-state index in [0.29, 0.717) is 5.92 Å². The van der Waals surface area contributed by atoms with Crippen LogP contribution in [0.5, 0.6) is 0 Å². The van der Waals surface area contributed by atoms with E-state index >= 15 is 0 Å². The molecule has 1 atom stereocenters. The van der Waals surface area contributed by atoms with Crippen molar-refractivity contribution < 1.29 is 9.53 Å². The van der Waals surface area contributed by atoms with Crippen molar-refractivity contribution >= 4 is 5.91 Å². The van der Waals surface area contributed by atoms with E-state index in [9.17, 15) is 4.79 Å². The Morgan fingerprint density at radius 2 is 2.29 bits per heavy atom. The summed E-state index contributed by atoms with van der Waals surface area (Å²) >= 11 is 0. The highest BCUT2D eigenvalue weighted by Crippen LogP contribution is 2.41. The van der Waals surface area contributed by atoms with E-state index in [2.05, 4.69) is 6.92 Å². The van der Waals surface area contributed by atoms with Gasteiger partial charge in [0, 0.05) is 20.2 Å². The van der Waals surface area contributed by atoms with Crippen molar-refractivity contribution in [2.45, 2.75) is 38.2 Å². The van der Waals surface area contributed by atoms with Crippen LogP contribution in [0.3, 0.4) is 0 Å². The molecule has 0 spiro atoms. The zero-order chi connectivity index (χ0) is 10.2. The van der Waals surface area contributed by atoms with Gasteiger partial charge in [0.05, 0.1) is 0 Å². The summed E-state index contributed by atoms with van der Waals surface area (Å²) < 4.78 is 5.30. The second-order valence-electron chi connectivity index (χ2n) is 4.51. The standard InChI is InChI=1S/C11H19NO2/c1-3-9-4-7-12(8-9)10(13)11(14-2)5-6-11/h9H,3-8H2,1-2H3. The second-order valence-corrected chi connectivity index (χ2v) is 4.51. The molecular formula is C11H19NO2. The first kappa shape index (κ1) is 9.97. The monoisotopic (exact) mass is 197 g/mol. The summed E-state index contributed by atoms with van der Waals surface area (Å²) in [5, 5.41) is 0. The van der Waals surface area contributed by atoms with Crippen LogP contribution in [0.25, 0.3) is 0 Å². The Labute approximate surface area is 85.4 Å². The number of nitrogens with zero attached hydrogens (tertiary/aromatic N) is 1. The molecule has 1 heterocycles. The molecule has 3 heteroatoms. The highest BCUT2D eigenvalue weighted by atomic mass is 16.5. The molecule has 0 bridgehead atoms. The third-order valence-corrected chi connectivity index (χ3v) is 3.64. The maximum Gasteiger partial charge on any atom is 0.254 e. The lowest BCUT2D eigenvalue weighted by Crippen LogP contribution is -2.40. The topological polar surface area (TPSA) is 29.5 Å². The van der Waals surface area contributed by atoms with E-state index in [1.807, 2.05) is 4.90 Å². The number of rotatable bonds is 3. The molecule has 0 aromatic rings. The van der Waals surface area contributed by atoms with Crippen molar-refractivity contribution in [1.29, 1.82) is 0 Å². The number of methoxy groups -OCH3 is 1. The molecule has 2 fully saturated rings. The predicted octanol–water partition coefficient (Wildman–Crippen LogP) is 1.42. The third kappa shape index (κ3) is 1.54. The smallest absolute Gasteiger partial charge is 0.254 e. The second kappa shape index (κ2) is 3.54. The lowest BCUT2D eigenvalue weighted by atomic mass is 10.1. The molecule has 2 aliphatic rings. The summed E-state index contributed by atoms with van der Waals surface area (Å²) in [7, 11) is 1.65. The van der Waals surface area contributed by atoms with Crippen molar-refractivity contribution in [3.63, 3.8) is 0 Å². The van der Waals surface area contributed by atoms with Gasteiger partial charge < -0.3 is 9.64 Å². The molecule has 0 radical (unpaired) electrons. The summed E-state index contributed by atoms with van der Waals surface area (Å²) in [5.41, 5.74) is -0.414. The summed E-state index contributed by atoms with van der Waals surface area (Å²) in [6, 6.07) is 0. The maximum atomic E-state index is 12.0. The first-order valence-electron chi connectivity index (χ1n) is 5.56. The number of carbonyl (C=O) groups excluding carboxylic acids is 1. The number of ether oxygens (including phenoxy) is 1. The zero-order valence-electron chi connectivity index (χ0n) is 9.08. The predicted molar refractivity (Wildman–Crippen MR) is 54.0 cm³/mol. The van der Waals surface area contributed by atoms with E-state index in [4.69, 9.17) is 4.74 Å². The molecule has 2 rings (SSSR count).